The van der Waals surface area contributed by atoms with Crippen molar-refractivity contribution in [1.82, 2.24) is 5.32 Å². The molecule has 0 spiro atoms. The lowest BCUT2D eigenvalue weighted by Gasteiger charge is -2.33. The second-order valence-corrected chi connectivity index (χ2v) is 7.58. The fourth-order valence-electron chi connectivity index (χ4n) is 2.79. The molecule has 0 unspecified atom stereocenters. The molecule has 0 aliphatic carbocycles. The predicted octanol–water partition coefficient (Wildman–Crippen LogP) is 3.97. The van der Waals surface area contributed by atoms with Crippen molar-refractivity contribution in [3.05, 3.63) is 45.5 Å². The van der Waals surface area contributed by atoms with Crippen molar-refractivity contribution in [3.63, 3.8) is 0 Å². The minimum absolute atomic E-state index is 0.141. The first-order valence-electron chi connectivity index (χ1n) is 7.42. The molecule has 118 valence electrons. The van der Waals surface area contributed by atoms with Crippen LogP contribution < -0.4 is 5.32 Å². The lowest BCUT2D eigenvalue weighted by Crippen LogP contribution is -2.52. The summed E-state index contributed by atoms with van der Waals surface area (Å²) in [7, 11) is 0. The van der Waals surface area contributed by atoms with E-state index in [0.717, 1.165) is 14.3 Å². The summed E-state index contributed by atoms with van der Waals surface area (Å²) in [4.78, 5) is 12.6. The van der Waals surface area contributed by atoms with Crippen LogP contribution in [0.5, 0.6) is 0 Å². The number of fused-ring (bicyclic) bond motifs is 1. The summed E-state index contributed by atoms with van der Waals surface area (Å²) in [6, 6.07) is 11.5. The van der Waals surface area contributed by atoms with E-state index in [4.69, 9.17) is 0 Å². The molecule has 0 saturated carbocycles. The third-order valence-electron chi connectivity index (χ3n) is 3.82. The van der Waals surface area contributed by atoms with E-state index in [1.54, 1.807) is 13.8 Å². The van der Waals surface area contributed by atoms with Crippen LogP contribution >= 0.6 is 22.6 Å². The number of nitrogens with one attached hydrogen (secondary N) is 1. The summed E-state index contributed by atoms with van der Waals surface area (Å²) in [5.74, 6) is -0.00181. The van der Waals surface area contributed by atoms with E-state index in [2.05, 4.69) is 27.9 Å². The maximum absolute atomic E-state index is 12.6. The average Bonchev–Trinajstić information content (AvgIpc) is 2.43. The van der Waals surface area contributed by atoms with Crippen LogP contribution in [0.4, 0.5) is 0 Å². The number of carbonyl (C=O) groups is 1. The number of amides is 1. The molecule has 4 heteroatoms. The molecule has 2 aromatic rings. The van der Waals surface area contributed by atoms with Gasteiger partial charge in [0.25, 0.3) is 5.91 Å². The zero-order valence-corrected chi connectivity index (χ0v) is 15.5. The highest BCUT2D eigenvalue weighted by molar-refractivity contribution is 14.1. The van der Waals surface area contributed by atoms with Crippen LogP contribution in [-0.2, 0) is 0 Å². The molecule has 1 amide bonds. The van der Waals surface area contributed by atoms with E-state index in [0.29, 0.717) is 5.56 Å². The SMILES string of the molecule is CC(C)[C@H](NC(=O)c1ccc2ccccc2c1I)C(C)(C)O. The fourth-order valence-corrected chi connectivity index (χ4v) is 3.70. The second kappa shape index (κ2) is 6.54. The van der Waals surface area contributed by atoms with Crippen molar-refractivity contribution in [1.29, 1.82) is 0 Å². The number of rotatable bonds is 4. The average molecular weight is 411 g/mol. The smallest absolute Gasteiger partial charge is 0.252 e. The summed E-state index contributed by atoms with van der Waals surface area (Å²) in [5, 5.41) is 15.4. The third-order valence-corrected chi connectivity index (χ3v) is 4.98. The van der Waals surface area contributed by atoms with Gasteiger partial charge in [-0.3, -0.25) is 4.79 Å². The Balaban J connectivity index is 2.35. The largest absolute Gasteiger partial charge is 0.388 e. The zero-order chi connectivity index (χ0) is 16.5. The zero-order valence-electron chi connectivity index (χ0n) is 13.4. The summed E-state index contributed by atoms with van der Waals surface area (Å²) >= 11 is 2.22. The van der Waals surface area contributed by atoms with Gasteiger partial charge >= 0.3 is 0 Å². The Hall–Kier alpha value is -1.14. The molecule has 2 N–H and O–H groups in total. The van der Waals surface area contributed by atoms with E-state index >= 15 is 0 Å². The van der Waals surface area contributed by atoms with Gasteiger partial charge in [-0.05, 0) is 59.2 Å². The van der Waals surface area contributed by atoms with Crippen molar-refractivity contribution in [3.8, 4) is 0 Å². The molecule has 1 atom stereocenters. The predicted molar refractivity (Wildman–Crippen MR) is 99.1 cm³/mol. The maximum atomic E-state index is 12.6. The second-order valence-electron chi connectivity index (χ2n) is 6.50. The van der Waals surface area contributed by atoms with Crippen LogP contribution in [0.2, 0.25) is 0 Å². The van der Waals surface area contributed by atoms with Gasteiger partial charge in [-0.15, -0.1) is 0 Å². The van der Waals surface area contributed by atoms with E-state index in [9.17, 15) is 9.90 Å². The minimum Gasteiger partial charge on any atom is -0.388 e. The molecule has 0 radical (unpaired) electrons. The molecule has 22 heavy (non-hydrogen) atoms. The van der Waals surface area contributed by atoms with Crippen molar-refractivity contribution in [2.24, 2.45) is 5.92 Å². The van der Waals surface area contributed by atoms with E-state index in [1.165, 1.54) is 0 Å². The van der Waals surface area contributed by atoms with Gasteiger partial charge < -0.3 is 10.4 Å². The fraction of sp³-hybridized carbons (Fsp3) is 0.389. The van der Waals surface area contributed by atoms with Gasteiger partial charge in [0.05, 0.1) is 17.2 Å². The van der Waals surface area contributed by atoms with Gasteiger partial charge in [0.2, 0.25) is 0 Å². The summed E-state index contributed by atoms with van der Waals surface area (Å²) in [6.45, 7) is 7.44. The Morgan fingerprint density at radius 2 is 1.82 bits per heavy atom. The van der Waals surface area contributed by atoms with Crippen molar-refractivity contribution in [2.75, 3.05) is 0 Å². The molecule has 0 fully saturated rings. The van der Waals surface area contributed by atoms with Gasteiger partial charge in [-0.2, -0.15) is 0 Å². The molecule has 2 rings (SSSR count). The van der Waals surface area contributed by atoms with Crippen LogP contribution in [0.25, 0.3) is 10.8 Å². The number of hydrogen-bond acceptors (Lipinski definition) is 2. The standard InChI is InChI=1S/C18H22INO2/c1-11(2)16(18(3,4)22)20-17(21)14-10-9-12-7-5-6-8-13(12)15(14)19/h5-11,16,22H,1-4H3,(H,20,21)/t16-/m0/s1. The number of aliphatic hydroxyl groups is 1. The normalized spacial score (nSPS) is 13.4. The summed E-state index contributed by atoms with van der Waals surface area (Å²) in [5.41, 5.74) is -0.319. The van der Waals surface area contributed by atoms with Gasteiger partial charge in [0, 0.05) is 3.57 Å². The molecule has 2 aromatic carbocycles. The maximum Gasteiger partial charge on any atom is 0.252 e. The number of hydrogen-bond donors (Lipinski definition) is 2. The van der Waals surface area contributed by atoms with E-state index < -0.39 is 5.60 Å². The first kappa shape index (κ1) is 17.2. The Kier molecular flexibility index (Phi) is 5.12. The van der Waals surface area contributed by atoms with Crippen LogP contribution in [0.3, 0.4) is 0 Å². The molecule has 0 aromatic heterocycles. The van der Waals surface area contributed by atoms with Crippen LogP contribution in [0.15, 0.2) is 36.4 Å². The van der Waals surface area contributed by atoms with Crippen LogP contribution in [-0.4, -0.2) is 22.7 Å². The Bertz CT molecular complexity index is 689. The van der Waals surface area contributed by atoms with Crippen LogP contribution in [0.1, 0.15) is 38.1 Å². The molecular weight excluding hydrogens is 389 g/mol. The molecule has 3 nitrogen and oxygen atoms in total. The van der Waals surface area contributed by atoms with E-state index in [-0.39, 0.29) is 17.9 Å². The van der Waals surface area contributed by atoms with Gasteiger partial charge in [0.1, 0.15) is 0 Å². The lowest BCUT2D eigenvalue weighted by atomic mass is 9.89. The highest BCUT2D eigenvalue weighted by Crippen LogP contribution is 2.25. The molecule has 0 bridgehead atoms. The third kappa shape index (κ3) is 3.60. The van der Waals surface area contributed by atoms with Gasteiger partial charge in [0.15, 0.2) is 0 Å². The lowest BCUT2D eigenvalue weighted by molar-refractivity contribution is 0.0194. The van der Waals surface area contributed by atoms with Gasteiger partial charge in [-0.1, -0.05) is 44.2 Å². The summed E-state index contributed by atoms with van der Waals surface area (Å²) in [6.07, 6.45) is 0. The molecule has 0 saturated heterocycles. The van der Waals surface area contributed by atoms with Crippen LogP contribution in [0, 0.1) is 9.49 Å². The Morgan fingerprint density at radius 3 is 2.41 bits per heavy atom. The first-order chi connectivity index (χ1) is 10.2. The van der Waals surface area contributed by atoms with Gasteiger partial charge in [-0.25, -0.2) is 0 Å². The number of halogens is 1. The molecule has 0 heterocycles. The first-order valence-corrected chi connectivity index (χ1v) is 8.50. The van der Waals surface area contributed by atoms with Crippen molar-refractivity contribution in [2.45, 2.75) is 39.3 Å². The highest BCUT2D eigenvalue weighted by atomic mass is 127. The highest BCUT2D eigenvalue weighted by Gasteiger charge is 2.31. The quantitative estimate of drug-likeness (QED) is 0.749. The minimum atomic E-state index is -0.966. The Labute approximate surface area is 145 Å². The molecule has 0 aliphatic heterocycles. The molecule has 0 aliphatic rings. The molecular formula is C18H22INO2. The number of benzene rings is 2. The summed E-state index contributed by atoms with van der Waals surface area (Å²) < 4.78 is 0.937. The van der Waals surface area contributed by atoms with Crippen molar-refractivity contribution >= 4 is 39.3 Å². The van der Waals surface area contributed by atoms with E-state index in [1.807, 2.05) is 50.2 Å². The monoisotopic (exact) mass is 411 g/mol. The Morgan fingerprint density at radius 1 is 1.18 bits per heavy atom. The number of carbonyl (C=O) groups excluding carboxylic acids is 1. The van der Waals surface area contributed by atoms with Crippen molar-refractivity contribution < 1.29 is 9.90 Å². The topological polar surface area (TPSA) is 49.3 Å².